The summed E-state index contributed by atoms with van der Waals surface area (Å²) in [6.07, 6.45) is 1.72. The lowest BCUT2D eigenvalue weighted by Crippen LogP contribution is -2.29. The summed E-state index contributed by atoms with van der Waals surface area (Å²) in [7, 11) is 1.45. The van der Waals surface area contributed by atoms with Gasteiger partial charge in [-0.25, -0.2) is 0 Å². The maximum atomic E-state index is 11.2. The van der Waals surface area contributed by atoms with E-state index < -0.39 is 4.92 Å². The molecule has 2 atom stereocenters. The van der Waals surface area contributed by atoms with E-state index in [0.29, 0.717) is 27.9 Å². The summed E-state index contributed by atoms with van der Waals surface area (Å²) in [4.78, 5) is 17.1. The molecular formula is C25H20N4O5S. The fraction of sp³-hybridized carbons (Fsp3) is 0.120. The zero-order valence-corrected chi connectivity index (χ0v) is 19.3. The molecular weight excluding hydrogens is 468 g/mol. The van der Waals surface area contributed by atoms with Crippen molar-refractivity contribution in [3.8, 4) is 22.8 Å². The summed E-state index contributed by atoms with van der Waals surface area (Å²) >= 11 is 5.69. The number of hydrogen-bond donors (Lipinski definition) is 2. The van der Waals surface area contributed by atoms with E-state index in [2.05, 4.69) is 10.3 Å². The lowest BCUT2D eigenvalue weighted by atomic mass is 10.0. The second-order valence-electron chi connectivity index (χ2n) is 7.86. The number of aromatic nitrogens is 1. The Hall–Kier alpha value is -4.44. The van der Waals surface area contributed by atoms with Gasteiger partial charge in [0.05, 0.1) is 35.4 Å². The summed E-state index contributed by atoms with van der Waals surface area (Å²) in [5.41, 5.74) is 2.07. The molecule has 2 aromatic heterocycles. The number of nitrogens with zero attached hydrogens (tertiary/aromatic N) is 3. The van der Waals surface area contributed by atoms with Crippen LogP contribution in [0.5, 0.6) is 11.5 Å². The summed E-state index contributed by atoms with van der Waals surface area (Å²) in [5, 5.41) is 24.8. The van der Waals surface area contributed by atoms with Crippen LogP contribution in [0.1, 0.15) is 23.5 Å². The third-order valence-electron chi connectivity index (χ3n) is 5.81. The summed E-state index contributed by atoms with van der Waals surface area (Å²) in [6, 6.07) is 19.7. The van der Waals surface area contributed by atoms with Gasteiger partial charge < -0.3 is 24.5 Å². The Bertz CT molecular complexity index is 1390. The normalized spacial score (nSPS) is 17.3. The fourth-order valence-corrected chi connectivity index (χ4v) is 4.53. The lowest BCUT2D eigenvalue weighted by molar-refractivity contribution is -0.384. The Morgan fingerprint density at radius 3 is 2.63 bits per heavy atom. The van der Waals surface area contributed by atoms with Gasteiger partial charge in [0.25, 0.3) is 5.69 Å². The van der Waals surface area contributed by atoms with Crippen molar-refractivity contribution < 1.29 is 19.2 Å². The Morgan fingerprint density at radius 1 is 1.14 bits per heavy atom. The van der Waals surface area contributed by atoms with Crippen molar-refractivity contribution in [2.75, 3.05) is 12.0 Å². The highest BCUT2D eigenvalue weighted by Crippen LogP contribution is 2.44. The number of nitro groups is 1. The van der Waals surface area contributed by atoms with Gasteiger partial charge in [-0.3, -0.25) is 15.1 Å². The molecule has 0 aliphatic carbocycles. The number of benzene rings is 2. The Balaban J connectivity index is 1.59. The molecule has 0 saturated carbocycles. The van der Waals surface area contributed by atoms with E-state index in [1.807, 2.05) is 29.2 Å². The molecule has 10 heteroatoms. The summed E-state index contributed by atoms with van der Waals surface area (Å²) < 4.78 is 11.7. The second kappa shape index (κ2) is 9.07. The SMILES string of the molecule is COc1cc([N+](=O)[O-])ccc1-c1ccc([C@@H]2[C@@H](c3ccccn3)NC(=S)N2c2ccc(O)cc2)o1. The Kier molecular flexibility index (Phi) is 5.79. The molecule has 1 fully saturated rings. The third-order valence-corrected chi connectivity index (χ3v) is 6.12. The number of phenols is 1. The molecule has 35 heavy (non-hydrogen) atoms. The zero-order chi connectivity index (χ0) is 24.5. The Labute approximate surface area is 205 Å². The highest BCUT2D eigenvalue weighted by Gasteiger charge is 2.42. The molecule has 1 aliphatic rings. The molecule has 1 aliphatic heterocycles. The third kappa shape index (κ3) is 4.15. The van der Waals surface area contributed by atoms with Crippen molar-refractivity contribution in [3.05, 3.63) is 101 Å². The zero-order valence-electron chi connectivity index (χ0n) is 18.5. The van der Waals surface area contributed by atoms with Crippen LogP contribution in [0.25, 0.3) is 11.3 Å². The molecule has 0 amide bonds. The number of nitrogens with one attached hydrogen (secondary N) is 1. The van der Waals surface area contributed by atoms with Crippen LogP contribution in [0.4, 0.5) is 11.4 Å². The summed E-state index contributed by atoms with van der Waals surface area (Å²) in [6.45, 7) is 0. The largest absolute Gasteiger partial charge is 0.508 e. The highest BCUT2D eigenvalue weighted by molar-refractivity contribution is 7.80. The fourth-order valence-electron chi connectivity index (χ4n) is 4.19. The molecule has 3 heterocycles. The highest BCUT2D eigenvalue weighted by atomic mass is 32.1. The topological polar surface area (TPSA) is 114 Å². The number of aromatic hydroxyl groups is 1. The number of ether oxygens (including phenoxy) is 1. The molecule has 0 bridgehead atoms. The van der Waals surface area contributed by atoms with Crippen LogP contribution >= 0.6 is 12.2 Å². The molecule has 5 rings (SSSR count). The van der Waals surface area contributed by atoms with Gasteiger partial charge in [0.15, 0.2) is 5.11 Å². The molecule has 2 N–H and O–H groups in total. The van der Waals surface area contributed by atoms with Crippen LogP contribution in [0.2, 0.25) is 0 Å². The number of thiocarbonyl (C=S) groups is 1. The minimum atomic E-state index is -0.474. The smallest absolute Gasteiger partial charge is 0.273 e. The van der Waals surface area contributed by atoms with Gasteiger partial charge >= 0.3 is 0 Å². The second-order valence-corrected chi connectivity index (χ2v) is 8.24. The molecule has 9 nitrogen and oxygen atoms in total. The average Bonchev–Trinajstić information content (AvgIpc) is 3.49. The Morgan fingerprint density at radius 2 is 1.94 bits per heavy atom. The van der Waals surface area contributed by atoms with E-state index in [-0.39, 0.29) is 23.5 Å². The first-order valence-corrected chi connectivity index (χ1v) is 11.1. The van der Waals surface area contributed by atoms with Crippen LogP contribution in [0.15, 0.2) is 83.4 Å². The number of hydrogen-bond acceptors (Lipinski definition) is 7. The van der Waals surface area contributed by atoms with Crippen LogP contribution in [-0.4, -0.2) is 27.2 Å². The van der Waals surface area contributed by atoms with Gasteiger partial charge in [0.2, 0.25) is 0 Å². The van der Waals surface area contributed by atoms with Gasteiger partial charge in [0, 0.05) is 18.0 Å². The molecule has 0 radical (unpaired) electrons. The molecule has 0 spiro atoms. The number of methoxy groups -OCH3 is 1. The van der Waals surface area contributed by atoms with Gasteiger partial charge in [-0.15, -0.1) is 0 Å². The quantitative estimate of drug-likeness (QED) is 0.216. The standard InChI is InChI=1S/C25H20N4O5S/c1-33-22-14-16(29(31)32)7-10-18(22)20-11-12-21(34-20)24-23(19-4-2-3-13-26-19)27-25(35)28(24)15-5-8-17(30)9-6-15/h2-14,23-24,30H,1H3,(H,27,35)/t23-,24-/m1/s1. The van der Waals surface area contributed by atoms with Gasteiger partial charge in [-0.05, 0) is 66.8 Å². The first-order chi connectivity index (χ1) is 17.0. The van der Waals surface area contributed by atoms with Crippen molar-refractivity contribution in [2.45, 2.75) is 12.1 Å². The van der Waals surface area contributed by atoms with E-state index in [0.717, 1.165) is 11.4 Å². The van der Waals surface area contributed by atoms with Crippen molar-refractivity contribution in [2.24, 2.45) is 0 Å². The predicted octanol–water partition coefficient (Wildman–Crippen LogP) is 5.14. The lowest BCUT2D eigenvalue weighted by Gasteiger charge is -2.26. The van der Waals surface area contributed by atoms with Crippen molar-refractivity contribution in [1.29, 1.82) is 0 Å². The minimum absolute atomic E-state index is 0.0727. The number of anilines is 1. The maximum Gasteiger partial charge on any atom is 0.273 e. The molecule has 2 aromatic carbocycles. The van der Waals surface area contributed by atoms with Gasteiger partial charge in [-0.1, -0.05) is 6.07 Å². The van der Waals surface area contributed by atoms with E-state index >= 15 is 0 Å². The summed E-state index contributed by atoms with van der Waals surface area (Å²) in [5.74, 6) is 1.58. The first kappa shape index (κ1) is 22.4. The number of nitro benzene ring substituents is 1. The number of rotatable bonds is 6. The number of pyridine rings is 1. The van der Waals surface area contributed by atoms with Crippen LogP contribution in [0.3, 0.4) is 0 Å². The van der Waals surface area contributed by atoms with Crippen molar-refractivity contribution in [1.82, 2.24) is 10.3 Å². The van der Waals surface area contributed by atoms with Crippen LogP contribution in [0, 0.1) is 10.1 Å². The molecule has 1 saturated heterocycles. The van der Waals surface area contributed by atoms with Crippen molar-refractivity contribution >= 4 is 28.7 Å². The van der Waals surface area contributed by atoms with E-state index in [9.17, 15) is 15.2 Å². The number of furan rings is 1. The molecule has 176 valence electrons. The van der Waals surface area contributed by atoms with Crippen LogP contribution in [-0.2, 0) is 0 Å². The number of phenolic OH excluding ortho intramolecular Hbond substituents is 1. The number of non-ortho nitro benzene ring substituents is 1. The monoisotopic (exact) mass is 488 g/mol. The van der Waals surface area contributed by atoms with Crippen molar-refractivity contribution in [3.63, 3.8) is 0 Å². The average molecular weight is 489 g/mol. The molecule has 4 aromatic rings. The van der Waals surface area contributed by atoms with Crippen LogP contribution < -0.4 is 15.0 Å². The van der Waals surface area contributed by atoms with E-state index in [1.54, 1.807) is 42.6 Å². The maximum absolute atomic E-state index is 11.2. The first-order valence-electron chi connectivity index (χ1n) is 10.7. The molecule has 0 unspecified atom stereocenters. The van der Waals surface area contributed by atoms with Gasteiger partial charge in [0.1, 0.15) is 29.1 Å². The van der Waals surface area contributed by atoms with Gasteiger partial charge in [-0.2, -0.15) is 0 Å². The van der Waals surface area contributed by atoms with E-state index in [4.69, 9.17) is 21.4 Å². The van der Waals surface area contributed by atoms with E-state index in [1.165, 1.54) is 19.2 Å². The minimum Gasteiger partial charge on any atom is -0.508 e. The predicted molar refractivity (Wildman–Crippen MR) is 133 cm³/mol.